The number of piperazine rings is 1. The molecular weight excluding hydrogens is 595 g/mol. The van der Waals surface area contributed by atoms with E-state index in [1.165, 1.54) is 6.07 Å². The summed E-state index contributed by atoms with van der Waals surface area (Å²) in [7, 11) is 3.83. The number of rotatable bonds is 10. The first kappa shape index (κ1) is 32.5. The molecule has 1 fully saturated rings. The van der Waals surface area contributed by atoms with Crippen LogP contribution in [0.3, 0.4) is 0 Å². The molecule has 3 aliphatic rings. The van der Waals surface area contributed by atoms with Gasteiger partial charge in [0.2, 0.25) is 0 Å². The number of benzene rings is 2. The van der Waals surface area contributed by atoms with Gasteiger partial charge in [0, 0.05) is 62.9 Å². The van der Waals surface area contributed by atoms with Crippen molar-refractivity contribution in [1.82, 2.24) is 15.1 Å². The molecule has 2 N–H and O–H groups in total. The molecule has 45 heavy (non-hydrogen) atoms. The van der Waals surface area contributed by atoms with Gasteiger partial charge in [-0.25, -0.2) is 0 Å². The molecule has 1 aliphatic carbocycles. The third-order valence-electron chi connectivity index (χ3n) is 8.31. The summed E-state index contributed by atoms with van der Waals surface area (Å²) < 4.78 is 42.4. The highest BCUT2D eigenvalue weighted by molar-refractivity contribution is 6.51. The molecule has 0 bridgehead atoms. The Hall–Kier alpha value is -3.85. The van der Waals surface area contributed by atoms with Crippen LogP contribution >= 0.6 is 11.6 Å². The molecule has 0 atom stereocenters. The minimum atomic E-state index is -4.46. The first-order chi connectivity index (χ1) is 21.5. The Bertz CT molecular complexity index is 1640. The van der Waals surface area contributed by atoms with Gasteiger partial charge in [-0.2, -0.15) is 13.2 Å². The molecule has 5 rings (SSSR count). The van der Waals surface area contributed by atoms with Crippen molar-refractivity contribution in [3.05, 3.63) is 123 Å². The number of hydrogen-bond donors (Lipinski definition) is 2. The molecule has 5 nitrogen and oxygen atoms in total. The van der Waals surface area contributed by atoms with Gasteiger partial charge in [0.15, 0.2) is 0 Å². The number of hydrogen-bond acceptors (Lipinski definition) is 5. The molecular formula is C36H39ClF3N5. The quantitative estimate of drug-likeness (QED) is 0.260. The van der Waals surface area contributed by atoms with Crippen LogP contribution in [0.1, 0.15) is 41.2 Å². The zero-order valence-corrected chi connectivity index (χ0v) is 26.7. The molecule has 2 aromatic rings. The first-order valence-corrected chi connectivity index (χ1v) is 15.5. The average Bonchev–Trinajstić information content (AvgIpc) is 3.71. The molecule has 2 aliphatic heterocycles. The summed E-state index contributed by atoms with van der Waals surface area (Å²) in [5.74, 6) is 0. The Labute approximate surface area is 268 Å². The van der Waals surface area contributed by atoms with Crippen LogP contribution in [0.2, 0.25) is 0 Å². The van der Waals surface area contributed by atoms with Gasteiger partial charge in [-0.15, -0.1) is 0 Å². The molecule has 2 aromatic carbocycles. The van der Waals surface area contributed by atoms with E-state index >= 15 is 0 Å². The van der Waals surface area contributed by atoms with Crippen molar-refractivity contribution < 1.29 is 13.2 Å². The minimum absolute atomic E-state index is 0.268. The number of nitrogens with zero attached hydrogens (tertiary/aromatic N) is 3. The summed E-state index contributed by atoms with van der Waals surface area (Å²) in [6.07, 6.45) is 8.70. The lowest BCUT2D eigenvalue weighted by atomic mass is 9.99. The third-order valence-corrected chi connectivity index (χ3v) is 8.62. The molecule has 236 valence electrons. The number of anilines is 1. The van der Waals surface area contributed by atoms with Crippen molar-refractivity contribution in [2.24, 2.45) is 4.99 Å². The zero-order chi connectivity index (χ0) is 32.1. The molecule has 0 radical (unpaired) electrons. The summed E-state index contributed by atoms with van der Waals surface area (Å²) in [5, 5.41) is 6.95. The summed E-state index contributed by atoms with van der Waals surface area (Å²) in [6.45, 7) is 9.67. The van der Waals surface area contributed by atoms with Crippen LogP contribution in [0, 0.1) is 0 Å². The van der Waals surface area contributed by atoms with Crippen LogP contribution < -0.4 is 10.6 Å². The number of alkyl halides is 3. The normalized spacial score (nSPS) is 18.7. The van der Waals surface area contributed by atoms with Gasteiger partial charge in [0.1, 0.15) is 0 Å². The predicted molar refractivity (Wildman–Crippen MR) is 181 cm³/mol. The highest BCUT2D eigenvalue weighted by atomic mass is 35.5. The van der Waals surface area contributed by atoms with Crippen LogP contribution in [0.5, 0.6) is 0 Å². The fraction of sp³-hybridized carbons (Fsp3) is 0.306. The van der Waals surface area contributed by atoms with Crippen molar-refractivity contribution >= 4 is 34.6 Å². The Kier molecular flexibility index (Phi) is 10.2. The van der Waals surface area contributed by atoms with Crippen LogP contribution in [0.25, 0.3) is 11.1 Å². The molecule has 0 amide bonds. The number of likely N-dealkylation sites (N-methyl/N-ethyl adjacent to an activating group) is 1. The number of allylic oxidation sites excluding steroid dienone is 5. The largest absolute Gasteiger partial charge is 0.416 e. The summed E-state index contributed by atoms with van der Waals surface area (Å²) in [4.78, 5) is 8.84. The number of halogens is 4. The van der Waals surface area contributed by atoms with E-state index in [9.17, 15) is 13.2 Å². The highest BCUT2D eigenvalue weighted by Crippen LogP contribution is 2.36. The van der Waals surface area contributed by atoms with Crippen LogP contribution in [-0.4, -0.2) is 56.3 Å². The predicted octanol–water partition coefficient (Wildman–Crippen LogP) is 8.01. The Morgan fingerprint density at radius 2 is 1.89 bits per heavy atom. The van der Waals surface area contributed by atoms with E-state index in [4.69, 9.17) is 11.6 Å². The Balaban J connectivity index is 1.33. The van der Waals surface area contributed by atoms with Crippen molar-refractivity contribution in [1.29, 1.82) is 0 Å². The molecule has 0 unspecified atom stereocenters. The maximum Gasteiger partial charge on any atom is 0.416 e. The number of aliphatic imine (C=N–C) groups is 1. The van der Waals surface area contributed by atoms with Gasteiger partial charge in [-0.3, -0.25) is 9.89 Å². The fourth-order valence-corrected chi connectivity index (χ4v) is 6.05. The van der Waals surface area contributed by atoms with Crippen molar-refractivity contribution in [3.63, 3.8) is 0 Å². The lowest BCUT2D eigenvalue weighted by Crippen LogP contribution is -2.44. The van der Waals surface area contributed by atoms with Gasteiger partial charge in [0.25, 0.3) is 0 Å². The maximum absolute atomic E-state index is 14.1. The molecule has 0 aromatic heterocycles. The standard InChI is InChI=1S/C36H39ClF3N5/c1-24(35-33(13-14-42-35)43-25(2)28-7-5-6-8-28)19-26-10-12-30(34(22-26)41-3)32(37)21-27-9-11-29(31(20-27)36(38,39)40)23-45-17-15-44(4)16-18-45/h5,7-14,20-22,41,43H,2,6,15-19,23H2,1,3-4H3/b32-21-,35-24-. The van der Waals surface area contributed by atoms with Crippen molar-refractivity contribution in [3.8, 4) is 0 Å². The van der Waals surface area contributed by atoms with Crippen LogP contribution in [-0.2, 0) is 19.1 Å². The van der Waals surface area contributed by atoms with Gasteiger partial charge < -0.3 is 15.5 Å². The topological polar surface area (TPSA) is 42.9 Å². The second-order valence-corrected chi connectivity index (χ2v) is 12.1. The van der Waals surface area contributed by atoms with E-state index in [-0.39, 0.29) is 12.1 Å². The average molecular weight is 634 g/mol. The number of nitrogens with one attached hydrogen (secondary N) is 2. The summed E-state index contributed by atoms with van der Waals surface area (Å²) >= 11 is 6.75. The first-order valence-electron chi connectivity index (χ1n) is 15.1. The Morgan fingerprint density at radius 3 is 2.58 bits per heavy atom. The molecule has 1 saturated heterocycles. The van der Waals surface area contributed by atoms with Crippen molar-refractivity contribution in [2.45, 2.75) is 32.5 Å². The van der Waals surface area contributed by atoms with Crippen molar-refractivity contribution in [2.75, 3.05) is 45.6 Å². The molecule has 9 heteroatoms. The van der Waals surface area contributed by atoms with Gasteiger partial charge in [-0.05, 0) is 78.9 Å². The van der Waals surface area contributed by atoms with Gasteiger partial charge in [-0.1, -0.05) is 60.7 Å². The fourth-order valence-electron chi connectivity index (χ4n) is 5.76. The lowest BCUT2D eigenvalue weighted by molar-refractivity contribution is -0.138. The lowest BCUT2D eigenvalue weighted by Gasteiger charge is -2.33. The van der Waals surface area contributed by atoms with E-state index in [2.05, 4.69) is 57.2 Å². The SMILES string of the molecule is C=C(NC1=CC=N/C1=C(/C)Cc1ccc(/C(Cl)=C/c2ccc(CN3CCN(C)CC3)c(C(F)(F)F)c2)c(NC)c1)C1=CCC=C1. The maximum atomic E-state index is 14.1. The third kappa shape index (κ3) is 8.06. The highest BCUT2D eigenvalue weighted by Gasteiger charge is 2.34. The van der Waals surface area contributed by atoms with Crippen LogP contribution in [0.15, 0.2) is 101 Å². The Morgan fingerprint density at radius 1 is 1.11 bits per heavy atom. The van der Waals surface area contributed by atoms with E-state index < -0.39 is 11.7 Å². The van der Waals surface area contributed by atoms with Gasteiger partial charge >= 0.3 is 6.18 Å². The second kappa shape index (κ2) is 14.1. The van der Waals surface area contributed by atoms with E-state index in [0.717, 1.165) is 72.1 Å². The van der Waals surface area contributed by atoms with Crippen LogP contribution in [0.4, 0.5) is 18.9 Å². The molecule has 2 heterocycles. The molecule has 0 spiro atoms. The van der Waals surface area contributed by atoms with E-state index in [0.29, 0.717) is 22.6 Å². The van der Waals surface area contributed by atoms with E-state index in [1.54, 1.807) is 31.5 Å². The second-order valence-electron chi connectivity index (χ2n) is 11.7. The minimum Gasteiger partial charge on any atom is -0.388 e. The smallest absolute Gasteiger partial charge is 0.388 e. The monoisotopic (exact) mass is 633 g/mol. The summed E-state index contributed by atoms with van der Waals surface area (Å²) in [5.41, 5.74) is 7.38. The van der Waals surface area contributed by atoms with Gasteiger partial charge in [0.05, 0.1) is 22.0 Å². The van der Waals surface area contributed by atoms with E-state index in [1.807, 2.05) is 31.3 Å². The zero-order valence-electron chi connectivity index (χ0n) is 25.9. The molecule has 0 saturated carbocycles. The summed E-state index contributed by atoms with van der Waals surface area (Å²) in [6, 6.07) is 10.4.